The second kappa shape index (κ2) is 7.20. The Kier molecular flexibility index (Phi) is 5.55. The first kappa shape index (κ1) is 16.2. The van der Waals surface area contributed by atoms with E-state index in [2.05, 4.69) is 50.4 Å². The summed E-state index contributed by atoms with van der Waals surface area (Å²) < 4.78 is 5.49. The molecule has 2 rings (SSSR count). The minimum atomic E-state index is 0.452. The molecular formula is C19H31NO. The van der Waals surface area contributed by atoms with Gasteiger partial charge in [0.25, 0.3) is 0 Å². The second-order valence-corrected chi connectivity index (χ2v) is 7.37. The highest BCUT2D eigenvalue weighted by atomic mass is 16.5. The van der Waals surface area contributed by atoms with Crippen molar-refractivity contribution in [2.24, 2.45) is 11.3 Å². The van der Waals surface area contributed by atoms with E-state index in [0.717, 1.165) is 18.3 Å². The molecule has 1 aliphatic carbocycles. The average Bonchev–Trinajstić information content (AvgIpc) is 2.66. The number of anilines is 1. The van der Waals surface area contributed by atoms with Gasteiger partial charge in [0.1, 0.15) is 5.75 Å². The third-order valence-electron chi connectivity index (χ3n) is 4.73. The number of nitrogens with one attached hydrogen (secondary N) is 1. The summed E-state index contributed by atoms with van der Waals surface area (Å²) in [6.07, 6.45) is 6.65. The zero-order chi connectivity index (χ0) is 15.3. The van der Waals surface area contributed by atoms with Crippen molar-refractivity contribution in [2.75, 3.05) is 11.9 Å². The second-order valence-electron chi connectivity index (χ2n) is 7.37. The molecule has 118 valence electrons. The van der Waals surface area contributed by atoms with Crippen LogP contribution in [0.5, 0.6) is 5.75 Å². The number of benzene rings is 1. The van der Waals surface area contributed by atoms with Crippen LogP contribution in [0, 0.1) is 11.3 Å². The van der Waals surface area contributed by atoms with Crippen molar-refractivity contribution in [3.8, 4) is 5.75 Å². The normalized spacial score (nSPS) is 23.4. The number of hydrogen-bond acceptors (Lipinski definition) is 2. The predicted molar refractivity (Wildman–Crippen MR) is 91.1 cm³/mol. The van der Waals surface area contributed by atoms with Crippen LogP contribution in [0.4, 0.5) is 5.69 Å². The Balaban J connectivity index is 1.88. The molecule has 2 atom stereocenters. The summed E-state index contributed by atoms with van der Waals surface area (Å²) in [5.74, 6) is 1.82. The third kappa shape index (κ3) is 4.94. The van der Waals surface area contributed by atoms with Gasteiger partial charge in [-0.15, -0.1) is 0 Å². The van der Waals surface area contributed by atoms with Crippen LogP contribution in [0.15, 0.2) is 24.3 Å². The fourth-order valence-corrected chi connectivity index (χ4v) is 3.36. The molecular weight excluding hydrogens is 258 g/mol. The van der Waals surface area contributed by atoms with Crippen LogP contribution in [-0.2, 0) is 0 Å². The molecule has 2 heteroatoms. The molecule has 0 amide bonds. The Bertz CT molecular complexity index is 418. The van der Waals surface area contributed by atoms with E-state index in [9.17, 15) is 0 Å². The SMILES string of the molecule is CCOc1ccc(NC2CCCC(C(C)(C)C)CC2)cc1. The maximum atomic E-state index is 5.49. The summed E-state index contributed by atoms with van der Waals surface area (Å²) in [5, 5.41) is 3.71. The standard InChI is InChI=1S/C19H31NO/c1-5-21-18-13-11-17(12-14-18)20-16-8-6-7-15(9-10-16)19(2,3)4/h11-16,20H,5-10H2,1-4H3. The smallest absolute Gasteiger partial charge is 0.119 e. The lowest BCUT2D eigenvalue weighted by Crippen LogP contribution is -2.21. The quantitative estimate of drug-likeness (QED) is 0.740. The van der Waals surface area contributed by atoms with Gasteiger partial charge in [-0.1, -0.05) is 27.2 Å². The highest BCUT2D eigenvalue weighted by Crippen LogP contribution is 2.37. The zero-order valence-corrected chi connectivity index (χ0v) is 14.1. The maximum absolute atomic E-state index is 5.49. The molecule has 0 spiro atoms. The predicted octanol–water partition coefficient (Wildman–Crippen LogP) is 5.49. The molecule has 0 bridgehead atoms. The van der Waals surface area contributed by atoms with Crippen LogP contribution < -0.4 is 10.1 Å². The van der Waals surface area contributed by atoms with Crippen molar-refractivity contribution in [2.45, 2.75) is 65.8 Å². The van der Waals surface area contributed by atoms with E-state index in [-0.39, 0.29) is 0 Å². The highest BCUT2D eigenvalue weighted by molar-refractivity contribution is 5.47. The molecule has 1 aliphatic rings. The van der Waals surface area contributed by atoms with E-state index in [1.165, 1.54) is 37.8 Å². The topological polar surface area (TPSA) is 21.3 Å². The molecule has 0 heterocycles. The maximum Gasteiger partial charge on any atom is 0.119 e. The molecule has 0 radical (unpaired) electrons. The summed E-state index contributed by atoms with van der Waals surface area (Å²) in [4.78, 5) is 0. The van der Waals surface area contributed by atoms with Crippen molar-refractivity contribution in [3.63, 3.8) is 0 Å². The Morgan fingerprint density at radius 3 is 2.38 bits per heavy atom. The van der Waals surface area contributed by atoms with Crippen LogP contribution in [0.1, 0.15) is 59.8 Å². The van der Waals surface area contributed by atoms with Crippen molar-refractivity contribution in [1.29, 1.82) is 0 Å². The van der Waals surface area contributed by atoms with E-state index in [0.29, 0.717) is 11.5 Å². The first-order chi connectivity index (χ1) is 9.99. The van der Waals surface area contributed by atoms with Gasteiger partial charge >= 0.3 is 0 Å². The minimum Gasteiger partial charge on any atom is -0.494 e. The largest absolute Gasteiger partial charge is 0.494 e. The Hall–Kier alpha value is -1.18. The fraction of sp³-hybridized carbons (Fsp3) is 0.684. The van der Waals surface area contributed by atoms with Gasteiger partial charge in [0.2, 0.25) is 0 Å². The highest BCUT2D eigenvalue weighted by Gasteiger charge is 2.27. The summed E-state index contributed by atoms with van der Waals surface area (Å²) in [6.45, 7) is 9.90. The van der Waals surface area contributed by atoms with Crippen LogP contribution in [0.3, 0.4) is 0 Å². The Morgan fingerprint density at radius 2 is 1.76 bits per heavy atom. The van der Waals surface area contributed by atoms with Gasteiger partial charge in [0.15, 0.2) is 0 Å². The van der Waals surface area contributed by atoms with Gasteiger partial charge in [-0.3, -0.25) is 0 Å². The number of rotatable bonds is 4. The summed E-state index contributed by atoms with van der Waals surface area (Å²) >= 11 is 0. The van der Waals surface area contributed by atoms with Gasteiger partial charge in [0, 0.05) is 11.7 Å². The van der Waals surface area contributed by atoms with Crippen molar-refractivity contribution in [3.05, 3.63) is 24.3 Å². The Labute approximate surface area is 130 Å². The fourth-order valence-electron chi connectivity index (χ4n) is 3.36. The molecule has 2 unspecified atom stereocenters. The van der Waals surface area contributed by atoms with E-state index in [4.69, 9.17) is 4.74 Å². The molecule has 0 aromatic heterocycles. The van der Waals surface area contributed by atoms with Crippen molar-refractivity contribution < 1.29 is 4.74 Å². The lowest BCUT2D eigenvalue weighted by atomic mass is 9.76. The van der Waals surface area contributed by atoms with Gasteiger partial charge in [-0.2, -0.15) is 0 Å². The molecule has 1 N–H and O–H groups in total. The Morgan fingerprint density at radius 1 is 1.05 bits per heavy atom. The van der Waals surface area contributed by atoms with Gasteiger partial charge in [0.05, 0.1) is 6.61 Å². The molecule has 1 fully saturated rings. The van der Waals surface area contributed by atoms with Gasteiger partial charge in [-0.05, 0) is 68.2 Å². The molecule has 1 aromatic carbocycles. The zero-order valence-electron chi connectivity index (χ0n) is 14.1. The molecule has 0 aliphatic heterocycles. The van der Waals surface area contributed by atoms with Crippen LogP contribution >= 0.6 is 0 Å². The summed E-state index contributed by atoms with van der Waals surface area (Å²) in [5.41, 5.74) is 1.67. The molecule has 1 aromatic rings. The monoisotopic (exact) mass is 289 g/mol. The minimum absolute atomic E-state index is 0.452. The van der Waals surface area contributed by atoms with E-state index >= 15 is 0 Å². The van der Waals surface area contributed by atoms with E-state index in [1.807, 2.05) is 6.92 Å². The molecule has 2 nitrogen and oxygen atoms in total. The van der Waals surface area contributed by atoms with E-state index < -0.39 is 0 Å². The van der Waals surface area contributed by atoms with Crippen LogP contribution in [0.2, 0.25) is 0 Å². The first-order valence-electron chi connectivity index (χ1n) is 8.48. The molecule has 21 heavy (non-hydrogen) atoms. The van der Waals surface area contributed by atoms with Gasteiger partial charge in [-0.25, -0.2) is 0 Å². The molecule has 0 saturated heterocycles. The van der Waals surface area contributed by atoms with Gasteiger partial charge < -0.3 is 10.1 Å². The number of ether oxygens (including phenoxy) is 1. The number of hydrogen-bond donors (Lipinski definition) is 1. The lowest BCUT2D eigenvalue weighted by Gasteiger charge is -2.29. The first-order valence-corrected chi connectivity index (χ1v) is 8.48. The molecule has 1 saturated carbocycles. The van der Waals surface area contributed by atoms with Crippen molar-refractivity contribution >= 4 is 5.69 Å². The van der Waals surface area contributed by atoms with Crippen molar-refractivity contribution in [1.82, 2.24) is 0 Å². The third-order valence-corrected chi connectivity index (χ3v) is 4.73. The summed E-state index contributed by atoms with van der Waals surface area (Å²) in [7, 11) is 0. The van der Waals surface area contributed by atoms with Crippen LogP contribution in [0.25, 0.3) is 0 Å². The van der Waals surface area contributed by atoms with Crippen LogP contribution in [-0.4, -0.2) is 12.6 Å². The lowest BCUT2D eigenvalue weighted by molar-refractivity contribution is 0.214. The van der Waals surface area contributed by atoms with E-state index in [1.54, 1.807) is 0 Å². The average molecular weight is 289 g/mol. The summed E-state index contributed by atoms with van der Waals surface area (Å²) in [6, 6.07) is 9.00.